The van der Waals surface area contributed by atoms with Crippen molar-refractivity contribution >= 4 is 34.8 Å². The van der Waals surface area contributed by atoms with Gasteiger partial charge in [-0.2, -0.15) is 0 Å². The van der Waals surface area contributed by atoms with Gasteiger partial charge in [-0.05, 0) is 42.8 Å². The van der Waals surface area contributed by atoms with E-state index < -0.39 is 5.82 Å². The highest BCUT2D eigenvalue weighted by Gasteiger charge is 2.12. The minimum atomic E-state index is -0.486. The summed E-state index contributed by atoms with van der Waals surface area (Å²) >= 11 is 11.7. The van der Waals surface area contributed by atoms with E-state index >= 15 is 0 Å². The van der Waals surface area contributed by atoms with Crippen molar-refractivity contribution in [3.05, 3.63) is 63.4 Å². The van der Waals surface area contributed by atoms with Gasteiger partial charge in [-0.3, -0.25) is 4.79 Å². The molecular formula is C15H12Cl2FNO. The van der Waals surface area contributed by atoms with Crippen LogP contribution in [0.3, 0.4) is 0 Å². The zero-order valence-electron chi connectivity index (χ0n) is 10.7. The number of carbonyl (C=O) groups is 1. The number of halogens is 3. The number of benzene rings is 2. The second kappa shape index (κ2) is 6.25. The first kappa shape index (κ1) is 14.8. The fraction of sp³-hybridized carbons (Fsp3) is 0.133. The number of aryl methyl sites for hydroxylation is 1. The number of amides is 1. The van der Waals surface area contributed by atoms with Crippen molar-refractivity contribution in [3.8, 4) is 0 Å². The monoisotopic (exact) mass is 311 g/mol. The van der Waals surface area contributed by atoms with Crippen molar-refractivity contribution in [2.24, 2.45) is 0 Å². The predicted octanol–water partition coefficient (Wildman–Crippen LogP) is 4.62. The molecular weight excluding hydrogens is 300 g/mol. The Morgan fingerprint density at radius 2 is 2.00 bits per heavy atom. The number of hydrogen-bond donors (Lipinski definition) is 1. The molecule has 2 nitrogen and oxygen atoms in total. The van der Waals surface area contributed by atoms with Gasteiger partial charge in [0.25, 0.3) is 0 Å². The lowest BCUT2D eigenvalue weighted by Crippen LogP contribution is -2.16. The molecule has 0 atom stereocenters. The molecule has 0 saturated heterocycles. The van der Waals surface area contributed by atoms with Gasteiger partial charge >= 0.3 is 0 Å². The molecule has 2 aromatic carbocycles. The average molecular weight is 312 g/mol. The lowest BCUT2D eigenvalue weighted by molar-refractivity contribution is -0.115. The summed E-state index contributed by atoms with van der Waals surface area (Å²) in [5.74, 6) is -0.817. The first-order valence-electron chi connectivity index (χ1n) is 5.96. The summed E-state index contributed by atoms with van der Waals surface area (Å²) in [7, 11) is 0. The van der Waals surface area contributed by atoms with Gasteiger partial charge in [0.05, 0.1) is 6.42 Å². The molecule has 0 bridgehead atoms. The van der Waals surface area contributed by atoms with E-state index in [2.05, 4.69) is 5.32 Å². The van der Waals surface area contributed by atoms with Crippen LogP contribution in [0.15, 0.2) is 36.4 Å². The van der Waals surface area contributed by atoms with Crippen LogP contribution in [0.5, 0.6) is 0 Å². The third-order valence-electron chi connectivity index (χ3n) is 2.86. The maximum absolute atomic E-state index is 13.6. The summed E-state index contributed by atoms with van der Waals surface area (Å²) in [5.41, 5.74) is 1.68. The molecule has 0 radical (unpaired) electrons. The summed E-state index contributed by atoms with van der Waals surface area (Å²) in [5, 5.41) is 3.56. The van der Waals surface area contributed by atoms with Crippen molar-refractivity contribution < 1.29 is 9.18 Å². The second-order valence-corrected chi connectivity index (χ2v) is 5.23. The molecule has 0 spiro atoms. The van der Waals surface area contributed by atoms with Crippen molar-refractivity contribution in [1.29, 1.82) is 0 Å². The van der Waals surface area contributed by atoms with Gasteiger partial charge in [0.15, 0.2) is 0 Å². The maximum atomic E-state index is 13.6. The topological polar surface area (TPSA) is 29.1 Å². The average Bonchev–Trinajstić information content (AvgIpc) is 2.37. The summed E-state index contributed by atoms with van der Waals surface area (Å²) < 4.78 is 13.6. The van der Waals surface area contributed by atoms with E-state index in [1.807, 2.05) is 6.92 Å². The van der Waals surface area contributed by atoms with Gasteiger partial charge in [-0.25, -0.2) is 4.39 Å². The van der Waals surface area contributed by atoms with E-state index in [9.17, 15) is 9.18 Å². The fourth-order valence-corrected chi connectivity index (χ4v) is 2.28. The van der Waals surface area contributed by atoms with Crippen molar-refractivity contribution in [2.45, 2.75) is 13.3 Å². The molecule has 0 aliphatic rings. The largest absolute Gasteiger partial charge is 0.326 e. The summed E-state index contributed by atoms with van der Waals surface area (Å²) in [4.78, 5) is 12.0. The third-order valence-corrected chi connectivity index (χ3v) is 3.45. The molecule has 0 heterocycles. The van der Waals surface area contributed by atoms with Gasteiger partial charge in [0.2, 0.25) is 5.91 Å². The quantitative estimate of drug-likeness (QED) is 0.880. The van der Waals surface area contributed by atoms with Gasteiger partial charge in [-0.15, -0.1) is 0 Å². The van der Waals surface area contributed by atoms with Crippen LogP contribution in [0.2, 0.25) is 10.0 Å². The molecule has 1 amide bonds. The smallest absolute Gasteiger partial charge is 0.228 e. The number of rotatable bonds is 3. The van der Waals surface area contributed by atoms with Crippen LogP contribution in [0.25, 0.3) is 0 Å². The van der Waals surface area contributed by atoms with Crippen LogP contribution in [-0.4, -0.2) is 5.91 Å². The van der Waals surface area contributed by atoms with Crippen molar-refractivity contribution in [1.82, 2.24) is 0 Å². The molecule has 0 aliphatic carbocycles. The summed E-state index contributed by atoms with van der Waals surface area (Å²) in [6, 6.07) is 9.47. The van der Waals surface area contributed by atoms with E-state index in [-0.39, 0.29) is 22.9 Å². The molecule has 0 saturated carbocycles. The lowest BCUT2D eigenvalue weighted by Gasteiger charge is -2.10. The number of carbonyl (C=O) groups excluding carboxylic acids is 1. The molecule has 0 aliphatic heterocycles. The van der Waals surface area contributed by atoms with Crippen LogP contribution in [0, 0.1) is 12.7 Å². The van der Waals surface area contributed by atoms with Crippen LogP contribution < -0.4 is 5.32 Å². The normalized spacial score (nSPS) is 10.4. The Hall–Kier alpha value is -1.58. The standard InChI is InChI=1S/C15H12Cl2FNO/c1-9-7-10(16)5-6-14(9)19-15(20)8-11-12(17)3-2-4-13(11)18/h2-7H,8H2,1H3,(H,19,20). The van der Waals surface area contributed by atoms with Crippen molar-refractivity contribution in [2.75, 3.05) is 5.32 Å². The Bertz CT molecular complexity index is 638. The van der Waals surface area contributed by atoms with Crippen LogP contribution in [0.4, 0.5) is 10.1 Å². The Morgan fingerprint density at radius 3 is 2.65 bits per heavy atom. The number of anilines is 1. The molecule has 20 heavy (non-hydrogen) atoms. The molecule has 0 fully saturated rings. The van der Waals surface area contributed by atoms with Gasteiger partial charge in [0.1, 0.15) is 5.82 Å². The Balaban J connectivity index is 2.13. The predicted molar refractivity (Wildman–Crippen MR) is 79.9 cm³/mol. The van der Waals surface area contributed by atoms with Crippen molar-refractivity contribution in [3.63, 3.8) is 0 Å². The highest BCUT2D eigenvalue weighted by atomic mass is 35.5. The lowest BCUT2D eigenvalue weighted by atomic mass is 10.1. The maximum Gasteiger partial charge on any atom is 0.228 e. The SMILES string of the molecule is Cc1cc(Cl)ccc1NC(=O)Cc1c(F)cccc1Cl. The van der Waals surface area contributed by atoms with E-state index in [1.54, 1.807) is 24.3 Å². The molecule has 104 valence electrons. The second-order valence-electron chi connectivity index (χ2n) is 4.38. The highest BCUT2D eigenvalue weighted by molar-refractivity contribution is 6.31. The summed E-state index contributed by atoms with van der Waals surface area (Å²) in [6.45, 7) is 1.83. The zero-order valence-corrected chi connectivity index (χ0v) is 12.2. The Kier molecular flexibility index (Phi) is 4.63. The van der Waals surface area contributed by atoms with Crippen LogP contribution in [0.1, 0.15) is 11.1 Å². The van der Waals surface area contributed by atoms with Crippen LogP contribution in [-0.2, 0) is 11.2 Å². The zero-order chi connectivity index (χ0) is 14.7. The Morgan fingerprint density at radius 1 is 1.25 bits per heavy atom. The van der Waals surface area contributed by atoms with Gasteiger partial charge in [0, 0.05) is 21.3 Å². The number of hydrogen-bond acceptors (Lipinski definition) is 1. The fourth-order valence-electron chi connectivity index (χ4n) is 1.82. The van der Waals surface area contributed by atoms with E-state index in [1.165, 1.54) is 12.1 Å². The molecule has 0 aromatic heterocycles. The molecule has 1 N–H and O–H groups in total. The Labute approximate surface area is 126 Å². The van der Waals surface area contributed by atoms with Crippen LogP contribution >= 0.6 is 23.2 Å². The first-order valence-corrected chi connectivity index (χ1v) is 6.72. The third kappa shape index (κ3) is 3.50. The van der Waals surface area contributed by atoms with E-state index in [0.29, 0.717) is 10.7 Å². The van der Waals surface area contributed by atoms with Gasteiger partial charge in [-0.1, -0.05) is 29.3 Å². The minimum absolute atomic E-state index is 0.117. The molecule has 0 unspecified atom stereocenters. The van der Waals surface area contributed by atoms with E-state index in [4.69, 9.17) is 23.2 Å². The molecule has 2 rings (SSSR count). The van der Waals surface area contributed by atoms with Gasteiger partial charge < -0.3 is 5.32 Å². The highest BCUT2D eigenvalue weighted by Crippen LogP contribution is 2.22. The summed E-state index contributed by atoms with van der Waals surface area (Å²) in [6.07, 6.45) is -0.117. The first-order chi connectivity index (χ1) is 9.47. The van der Waals surface area contributed by atoms with E-state index in [0.717, 1.165) is 5.56 Å². The molecule has 2 aromatic rings. The molecule has 5 heteroatoms. The minimum Gasteiger partial charge on any atom is -0.326 e. The number of nitrogens with one attached hydrogen (secondary N) is 1.